The fourth-order valence-electron chi connectivity index (χ4n) is 1.71. The predicted octanol–water partition coefficient (Wildman–Crippen LogP) is 4.78. The number of hydrogen-bond acceptors (Lipinski definition) is 3. The minimum Gasteiger partial charge on any atom is -0.380 e. The van der Waals surface area contributed by atoms with Crippen LogP contribution in [0.5, 0.6) is 0 Å². The average Bonchev–Trinajstić information content (AvgIpc) is 2.77. The number of hydrogen-bond donors (Lipinski definition) is 2. The molecule has 20 heavy (non-hydrogen) atoms. The van der Waals surface area contributed by atoms with Crippen LogP contribution in [0.25, 0.3) is 0 Å². The van der Waals surface area contributed by atoms with Crippen LogP contribution in [0.15, 0.2) is 34.8 Å². The van der Waals surface area contributed by atoms with Crippen molar-refractivity contribution in [1.29, 1.82) is 0 Å². The SMILES string of the molecule is CCC(=O)Nc1ccc(NCc2cc(Br)c(C)s2)cc1. The van der Waals surface area contributed by atoms with E-state index >= 15 is 0 Å². The normalized spacial score (nSPS) is 10.3. The third-order valence-electron chi connectivity index (χ3n) is 2.86. The molecule has 1 amide bonds. The Hall–Kier alpha value is -1.33. The molecule has 2 aromatic rings. The number of rotatable bonds is 5. The van der Waals surface area contributed by atoms with Gasteiger partial charge in [0.2, 0.25) is 5.91 Å². The first-order chi connectivity index (χ1) is 9.58. The van der Waals surface area contributed by atoms with Crippen molar-refractivity contribution in [2.24, 2.45) is 0 Å². The number of carbonyl (C=O) groups excluding carboxylic acids is 1. The summed E-state index contributed by atoms with van der Waals surface area (Å²) >= 11 is 5.31. The van der Waals surface area contributed by atoms with E-state index in [1.54, 1.807) is 11.3 Å². The topological polar surface area (TPSA) is 41.1 Å². The average molecular weight is 353 g/mol. The molecule has 1 heterocycles. The molecule has 5 heteroatoms. The number of benzene rings is 1. The number of carbonyl (C=O) groups is 1. The molecule has 2 N–H and O–H groups in total. The quantitative estimate of drug-likeness (QED) is 0.812. The Morgan fingerprint density at radius 3 is 2.45 bits per heavy atom. The first-order valence-corrected chi connectivity index (χ1v) is 8.08. The molecule has 3 nitrogen and oxygen atoms in total. The van der Waals surface area contributed by atoms with Crippen molar-refractivity contribution in [3.05, 3.63) is 44.6 Å². The van der Waals surface area contributed by atoms with Crippen LogP contribution >= 0.6 is 27.3 Å². The third-order valence-corrected chi connectivity index (χ3v) is 5.00. The number of halogens is 1. The van der Waals surface area contributed by atoms with Gasteiger partial charge >= 0.3 is 0 Å². The lowest BCUT2D eigenvalue weighted by Gasteiger charge is -2.07. The van der Waals surface area contributed by atoms with Crippen LogP contribution in [0.1, 0.15) is 23.1 Å². The maximum atomic E-state index is 11.3. The predicted molar refractivity (Wildman–Crippen MR) is 89.4 cm³/mol. The summed E-state index contributed by atoms with van der Waals surface area (Å²) in [5.41, 5.74) is 1.87. The monoisotopic (exact) mass is 352 g/mol. The van der Waals surface area contributed by atoms with Crippen molar-refractivity contribution >= 4 is 44.5 Å². The van der Waals surface area contributed by atoms with Gasteiger partial charge in [-0.1, -0.05) is 6.92 Å². The van der Waals surface area contributed by atoms with Crippen molar-refractivity contribution in [2.75, 3.05) is 10.6 Å². The molecule has 106 valence electrons. The molecule has 0 bridgehead atoms. The molecule has 2 rings (SSSR count). The van der Waals surface area contributed by atoms with E-state index in [9.17, 15) is 4.79 Å². The summed E-state index contributed by atoms with van der Waals surface area (Å²) in [6, 6.07) is 9.90. The zero-order chi connectivity index (χ0) is 14.5. The summed E-state index contributed by atoms with van der Waals surface area (Å²) in [5.74, 6) is 0.0321. The summed E-state index contributed by atoms with van der Waals surface area (Å²) in [6.45, 7) is 4.74. The van der Waals surface area contributed by atoms with Crippen molar-refractivity contribution in [3.63, 3.8) is 0 Å². The lowest BCUT2D eigenvalue weighted by atomic mass is 10.2. The van der Waals surface area contributed by atoms with Crippen LogP contribution in [0.3, 0.4) is 0 Å². The number of thiophene rings is 1. The molecule has 0 unspecified atom stereocenters. The number of nitrogens with one attached hydrogen (secondary N) is 2. The largest absolute Gasteiger partial charge is 0.380 e. The van der Waals surface area contributed by atoms with Crippen molar-refractivity contribution in [3.8, 4) is 0 Å². The van der Waals surface area contributed by atoms with E-state index in [4.69, 9.17) is 0 Å². The summed E-state index contributed by atoms with van der Waals surface area (Å²) < 4.78 is 1.16. The van der Waals surface area contributed by atoms with Gasteiger partial charge in [-0.3, -0.25) is 4.79 Å². The molecular weight excluding hydrogens is 336 g/mol. The van der Waals surface area contributed by atoms with Gasteiger partial charge in [0.15, 0.2) is 0 Å². The van der Waals surface area contributed by atoms with Crippen LogP contribution < -0.4 is 10.6 Å². The zero-order valence-corrected chi connectivity index (χ0v) is 13.9. The lowest BCUT2D eigenvalue weighted by Crippen LogP contribution is -2.09. The molecule has 0 atom stereocenters. The van der Waals surface area contributed by atoms with Gasteiger partial charge in [0.05, 0.1) is 0 Å². The highest BCUT2D eigenvalue weighted by Crippen LogP contribution is 2.27. The summed E-state index contributed by atoms with van der Waals surface area (Å²) in [7, 11) is 0. The Labute approximate surface area is 131 Å². The Morgan fingerprint density at radius 1 is 1.25 bits per heavy atom. The van der Waals surface area contributed by atoms with Crippen molar-refractivity contribution < 1.29 is 4.79 Å². The minimum atomic E-state index is 0.0321. The van der Waals surface area contributed by atoms with Gasteiger partial charge in [-0.15, -0.1) is 11.3 Å². The molecule has 0 saturated carbocycles. The highest BCUT2D eigenvalue weighted by molar-refractivity contribution is 9.10. The molecule has 0 aliphatic heterocycles. The summed E-state index contributed by atoms with van der Waals surface area (Å²) in [6.07, 6.45) is 0.493. The van der Waals surface area contributed by atoms with Gasteiger partial charge in [-0.25, -0.2) is 0 Å². The lowest BCUT2D eigenvalue weighted by molar-refractivity contribution is -0.115. The van der Waals surface area contributed by atoms with Crippen molar-refractivity contribution in [1.82, 2.24) is 0 Å². The molecule has 1 aromatic carbocycles. The van der Waals surface area contributed by atoms with E-state index in [-0.39, 0.29) is 5.91 Å². The third kappa shape index (κ3) is 4.08. The maximum Gasteiger partial charge on any atom is 0.224 e. The van der Waals surface area contributed by atoms with Crippen LogP contribution in [0.4, 0.5) is 11.4 Å². The van der Waals surface area contributed by atoms with E-state index in [0.29, 0.717) is 6.42 Å². The van der Waals surface area contributed by atoms with Gasteiger partial charge in [-0.05, 0) is 53.2 Å². The second-order valence-electron chi connectivity index (χ2n) is 4.45. The molecular formula is C15H17BrN2OS. The van der Waals surface area contributed by atoms with Gasteiger partial charge in [0.25, 0.3) is 0 Å². The zero-order valence-electron chi connectivity index (χ0n) is 11.5. The molecule has 0 spiro atoms. The Balaban J connectivity index is 1.92. The van der Waals surface area contributed by atoms with Gasteiger partial charge < -0.3 is 10.6 Å². The summed E-state index contributed by atoms with van der Waals surface area (Å²) in [4.78, 5) is 13.9. The van der Waals surface area contributed by atoms with Gasteiger partial charge in [0.1, 0.15) is 0 Å². The van der Waals surface area contributed by atoms with E-state index in [1.807, 2.05) is 31.2 Å². The number of aryl methyl sites for hydroxylation is 1. The Bertz CT molecular complexity index is 573. The van der Waals surface area contributed by atoms with Crippen LogP contribution in [-0.4, -0.2) is 5.91 Å². The molecule has 0 saturated heterocycles. The van der Waals surface area contributed by atoms with Crippen LogP contribution in [0, 0.1) is 6.92 Å². The van der Waals surface area contributed by atoms with E-state index < -0.39 is 0 Å². The molecule has 0 radical (unpaired) electrons. The standard InChI is InChI=1S/C15H17BrN2OS/c1-3-15(19)18-12-6-4-11(5-7-12)17-9-13-8-14(16)10(2)20-13/h4-8,17H,3,9H2,1-2H3,(H,18,19). The highest BCUT2D eigenvalue weighted by atomic mass is 79.9. The first kappa shape index (κ1) is 15.1. The fraction of sp³-hybridized carbons (Fsp3) is 0.267. The highest BCUT2D eigenvalue weighted by Gasteiger charge is 2.03. The van der Waals surface area contributed by atoms with Crippen LogP contribution in [-0.2, 0) is 11.3 Å². The number of amides is 1. The minimum absolute atomic E-state index is 0.0321. The summed E-state index contributed by atoms with van der Waals surface area (Å²) in [5, 5.41) is 6.21. The molecule has 0 fully saturated rings. The molecule has 1 aromatic heterocycles. The van der Waals surface area contributed by atoms with E-state index in [2.05, 4.69) is 39.6 Å². The second-order valence-corrected chi connectivity index (χ2v) is 6.64. The molecule has 0 aliphatic rings. The number of anilines is 2. The van der Waals surface area contributed by atoms with Crippen LogP contribution in [0.2, 0.25) is 0 Å². The van der Waals surface area contributed by atoms with E-state index in [0.717, 1.165) is 22.4 Å². The molecule has 0 aliphatic carbocycles. The van der Waals surface area contributed by atoms with Crippen molar-refractivity contribution in [2.45, 2.75) is 26.8 Å². The Kier molecular flexibility index (Phi) is 5.20. The fourth-order valence-corrected chi connectivity index (χ4v) is 3.26. The van der Waals surface area contributed by atoms with E-state index in [1.165, 1.54) is 9.75 Å². The Morgan fingerprint density at radius 2 is 1.90 bits per heavy atom. The second kappa shape index (κ2) is 6.90. The smallest absolute Gasteiger partial charge is 0.224 e. The maximum absolute atomic E-state index is 11.3. The van der Waals surface area contributed by atoms with Gasteiger partial charge in [-0.2, -0.15) is 0 Å². The first-order valence-electron chi connectivity index (χ1n) is 6.47. The van der Waals surface area contributed by atoms with Gasteiger partial charge in [0, 0.05) is 38.6 Å².